The molecule has 0 aliphatic carbocycles. The van der Waals surface area contributed by atoms with Crippen molar-refractivity contribution >= 4 is 34.2 Å². The number of aliphatic hydroxyl groups excluding tert-OH is 1. The lowest BCUT2D eigenvalue weighted by atomic mass is 10.0. The van der Waals surface area contributed by atoms with Crippen LogP contribution in [0.4, 0.5) is 0 Å². The van der Waals surface area contributed by atoms with Gasteiger partial charge in [-0.25, -0.2) is 0 Å². The molecule has 0 aliphatic rings. The number of halogens is 2. The quantitative estimate of drug-likeness (QED) is 0.824. The normalized spacial score (nSPS) is 12.9. The Morgan fingerprint density at radius 1 is 1.50 bits per heavy atom. The summed E-state index contributed by atoms with van der Waals surface area (Å²) in [5.41, 5.74) is 0.920. The molecule has 0 radical (unpaired) electrons. The van der Waals surface area contributed by atoms with Gasteiger partial charge in [-0.15, -0.1) is 0 Å². The predicted octanol–water partition coefficient (Wildman–Crippen LogP) is 4.17. The summed E-state index contributed by atoms with van der Waals surface area (Å²) in [5.74, 6) is 0. The van der Waals surface area contributed by atoms with Crippen molar-refractivity contribution in [2.24, 2.45) is 0 Å². The molecule has 3 heteroatoms. The van der Waals surface area contributed by atoms with Crippen molar-refractivity contribution in [3.63, 3.8) is 0 Å². The molecule has 0 bridgehead atoms. The van der Waals surface area contributed by atoms with Crippen LogP contribution >= 0.6 is 34.2 Å². The third-order valence-electron chi connectivity index (χ3n) is 2.16. The van der Waals surface area contributed by atoms with Crippen LogP contribution in [0.1, 0.15) is 37.9 Å². The number of aliphatic hydroxyl groups is 1. The van der Waals surface area contributed by atoms with Crippen LogP contribution in [0.3, 0.4) is 0 Å². The first-order chi connectivity index (χ1) is 6.65. The minimum absolute atomic E-state index is 0.371. The Hall–Kier alpha value is 0.200. The summed E-state index contributed by atoms with van der Waals surface area (Å²) in [6.45, 7) is 2.12. The highest BCUT2D eigenvalue weighted by Crippen LogP contribution is 2.25. The van der Waals surface area contributed by atoms with Gasteiger partial charge in [0.25, 0.3) is 0 Å². The smallest absolute Gasteiger partial charge is 0.0790 e. The van der Waals surface area contributed by atoms with E-state index in [0.717, 1.165) is 33.4 Å². The van der Waals surface area contributed by atoms with Crippen LogP contribution in [0, 0.1) is 3.57 Å². The molecule has 1 N–H and O–H groups in total. The first-order valence-electron chi connectivity index (χ1n) is 4.78. The Kier molecular flexibility index (Phi) is 5.20. The monoisotopic (exact) mass is 324 g/mol. The molecule has 0 fully saturated rings. The molecule has 1 rings (SSSR count). The van der Waals surface area contributed by atoms with Gasteiger partial charge in [0.2, 0.25) is 0 Å². The van der Waals surface area contributed by atoms with Crippen LogP contribution < -0.4 is 0 Å². The molecule has 0 saturated heterocycles. The van der Waals surface area contributed by atoms with Gasteiger partial charge in [0, 0.05) is 3.57 Å². The van der Waals surface area contributed by atoms with Crippen molar-refractivity contribution in [2.45, 2.75) is 32.3 Å². The number of rotatable bonds is 4. The predicted molar refractivity (Wildman–Crippen MR) is 68.7 cm³/mol. The molecule has 0 spiro atoms. The summed E-state index contributed by atoms with van der Waals surface area (Å²) in [6.07, 6.45) is 2.59. The zero-order valence-corrected chi connectivity index (χ0v) is 11.0. The van der Waals surface area contributed by atoms with Gasteiger partial charge in [-0.05, 0) is 46.7 Å². The molecule has 14 heavy (non-hydrogen) atoms. The Bertz CT molecular complexity index is 301. The van der Waals surface area contributed by atoms with E-state index >= 15 is 0 Å². The van der Waals surface area contributed by atoms with E-state index in [4.69, 9.17) is 11.6 Å². The number of hydrogen-bond donors (Lipinski definition) is 1. The molecular formula is C11H14ClIO. The van der Waals surface area contributed by atoms with Crippen molar-refractivity contribution in [2.75, 3.05) is 0 Å². The molecule has 0 heterocycles. The van der Waals surface area contributed by atoms with Gasteiger partial charge in [-0.3, -0.25) is 0 Å². The Morgan fingerprint density at radius 3 is 2.79 bits per heavy atom. The molecule has 1 unspecified atom stereocenters. The van der Waals surface area contributed by atoms with Crippen LogP contribution in [-0.4, -0.2) is 5.11 Å². The lowest BCUT2D eigenvalue weighted by Gasteiger charge is -2.10. The number of unbranched alkanes of at least 4 members (excludes halogenated alkanes) is 1. The number of hydrogen-bond acceptors (Lipinski definition) is 1. The Balaban J connectivity index is 2.70. The van der Waals surface area contributed by atoms with Crippen LogP contribution in [-0.2, 0) is 0 Å². The van der Waals surface area contributed by atoms with Gasteiger partial charge < -0.3 is 5.11 Å². The van der Waals surface area contributed by atoms with Crippen LogP contribution in [0.2, 0.25) is 5.02 Å². The van der Waals surface area contributed by atoms with Crippen molar-refractivity contribution in [1.29, 1.82) is 0 Å². The zero-order valence-electron chi connectivity index (χ0n) is 8.13. The Labute approximate surface area is 104 Å². The zero-order chi connectivity index (χ0) is 10.6. The minimum Gasteiger partial charge on any atom is -0.388 e. The van der Waals surface area contributed by atoms with E-state index < -0.39 is 0 Å². The third-order valence-corrected chi connectivity index (χ3v) is 3.73. The molecular weight excluding hydrogens is 310 g/mol. The highest BCUT2D eigenvalue weighted by Gasteiger charge is 2.08. The van der Waals surface area contributed by atoms with Crippen LogP contribution in [0.25, 0.3) is 0 Å². The Morgan fingerprint density at radius 2 is 2.21 bits per heavy atom. The van der Waals surface area contributed by atoms with E-state index in [1.807, 2.05) is 18.2 Å². The van der Waals surface area contributed by atoms with Gasteiger partial charge in [0.05, 0.1) is 11.1 Å². The average molecular weight is 325 g/mol. The summed E-state index contributed by atoms with van der Waals surface area (Å²) in [7, 11) is 0. The lowest BCUT2D eigenvalue weighted by Crippen LogP contribution is -1.97. The minimum atomic E-state index is -0.371. The third kappa shape index (κ3) is 3.41. The summed E-state index contributed by atoms with van der Waals surface area (Å²) in [6, 6.07) is 5.73. The highest BCUT2D eigenvalue weighted by molar-refractivity contribution is 14.1. The fourth-order valence-corrected chi connectivity index (χ4v) is 1.81. The van der Waals surface area contributed by atoms with Crippen LogP contribution in [0.15, 0.2) is 18.2 Å². The van der Waals surface area contributed by atoms with E-state index in [-0.39, 0.29) is 6.10 Å². The fraction of sp³-hybridized carbons (Fsp3) is 0.455. The van der Waals surface area contributed by atoms with E-state index in [0.29, 0.717) is 0 Å². The van der Waals surface area contributed by atoms with Crippen molar-refractivity contribution < 1.29 is 5.11 Å². The molecule has 1 aromatic rings. The van der Waals surface area contributed by atoms with Gasteiger partial charge in [-0.2, -0.15) is 0 Å². The molecule has 1 aromatic carbocycles. The maximum Gasteiger partial charge on any atom is 0.0790 e. The van der Waals surface area contributed by atoms with Crippen molar-refractivity contribution in [3.05, 3.63) is 32.4 Å². The highest BCUT2D eigenvalue weighted by atomic mass is 127. The standard InChI is InChI=1S/C11H14ClIO/c1-2-3-4-11(14)8-5-6-10(13)9(12)7-8/h5-7,11,14H,2-4H2,1H3. The molecule has 0 aliphatic heterocycles. The van der Waals surface area contributed by atoms with E-state index in [9.17, 15) is 5.11 Å². The fourth-order valence-electron chi connectivity index (χ4n) is 1.28. The molecule has 0 saturated carbocycles. The largest absolute Gasteiger partial charge is 0.388 e. The molecule has 0 amide bonds. The summed E-state index contributed by atoms with van der Waals surface area (Å²) < 4.78 is 1.02. The maximum absolute atomic E-state index is 9.81. The molecule has 1 nitrogen and oxygen atoms in total. The summed E-state index contributed by atoms with van der Waals surface area (Å²) >= 11 is 8.15. The SMILES string of the molecule is CCCCC(O)c1ccc(I)c(Cl)c1. The van der Waals surface area contributed by atoms with Gasteiger partial charge >= 0.3 is 0 Å². The van der Waals surface area contributed by atoms with Gasteiger partial charge in [-0.1, -0.05) is 37.4 Å². The topological polar surface area (TPSA) is 20.2 Å². The second-order valence-corrected chi connectivity index (χ2v) is 4.90. The lowest BCUT2D eigenvalue weighted by molar-refractivity contribution is 0.164. The second-order valence-electron chi connectivity index (χ2n) is 3.33. The molecule has 1 atom stereocenters. The van der Waals surface area contributed by atoms with E-state index in [1.165, 1.54) is 0 Å². The summed E-state index contributed by atoms with van der Waals surface area (Å²) in [5, 5.41) is 10.5. The van der Waals surface area contributed by atoms with Crippen molar-refractivity contribution in [1.82, 2.24) is 0 Å². The average Bonchev–Trinajstić information content (AvgIpc) is 2.18. The second kappa shape index (κ2) is 5.93. The van der Waals surface area contributed by atoms with Crippen LogP contribution in [0.5, 0.6) is 0 Å². The molecule has 78 valence electrons. The maximum atomic E-state index is 9.81. The van der Waals surface area contributed by atoms with Gasteiger partial charge in [0.15, 0.2) is 0 Å². The molecule has 0 aromatic heterocycles. The number of benzene rings is 1. The summed E-state index contributed by atoms with van der Waals surface area (Å²) in [4.78, 5) is 0. The van der Waals surface area contributed by atoms with Crippen molar-refractivity contribution in [3.8, 4) is 0 Å². The van der Waals surface area contributed by atoms with Gasteiger partial charge in [0.1, 0.15) is 0 Å². The first-order valence-corrected chi connectivity index (χ1v) is 6.23. The first kappa shape index (κ1) is 12.3. The van der Waals surface area contributed by atoms with E-state index in [1.54, 1.807) is 0 Å². The van der Waals surface area contributed by atoms with E-state index in [2.05, 4.69) is 29.5 Å².